The number of hydrogen-bond acceptors (Lipinski definition) is 7. The van der Waals surface area contributed by atoms with Gasteiger partial charge in [-0.3, -0.25) is 14.9 Å². The number of aromatic nitrogens is 1. The summed E-state index contributed by atoms with van der Waals surface area (Å²) in [5.74, 6) is 0.929. The molecule has 9 heteroatoms. The summed E-state index contributed by atoms with van der Waals surface area (Å²) in [6.45, 7) is 6.59. The van der Waals surface area contributed by atoms with Gasteiger partial charge >= 0.3 is 0 Å². The van der Waals surface area contributed by atoms with Crippen LogP contribution in [-0.2, 0) is 9.53 Å². The van der Waals surface area contributed by atoms with Crippen molar-refractivity contribution in [1.82, 2.24) is 10.3 Å². The van der Waals surface area contributed by atoms with Gasteiger partial charge in [0, 0.05) is 30.5 Å². The lowest BCUT2D eigenvalue weighted by atomic mass is 10.1. The van der Waals surface area contributed by atoms with Crippen molar-refractivity contribution in [1.29, 1.82) is 0 Å². The van der Waals surface area contributed by atoms with Crippen LogP contribution in [0.4, 0.5) is 5.13 Å². The first-order valence-corrected chi connectivity index (χ1v) is 12.4. The third-order valence-corrected chi connectivity index (χ3v) is 5.59. The number of benzene rings is 1. The number of unbranched alkanes of at least 4 members (excludes halogenated alkanes) is 4. The molecule has 33 heavy (non-hydrogen) atoms. The standard InChI is InChI=1S/C24H35N3O5S/c1-3-4-5-6-7-13-32-22-16-20(23(29)27-24-26-19(2)17-33-24)9-10-21(22)31-14-8-12-30-15-11-25-18-28/h9-10,16-18H,3-8,11-15H2,1-2H3,(H,25,28)(H,26,27,29). The van der Waals surface area contributed by atoms with E-state index in [-0.39, 0.29) is 5.91 Å². The zero-order chi connectivity index (χ0) is 23.7. The first-order chi connectivity index (χ1) is 16.1. The van der Waals surface area contributed by atoms with E-state index in [2.05, 4.69) is 22.5 Å². The van der Waals surface area contributed by atoms with Crippen LogP contribution in [0.15, 0.2) is 23.6 Å². The van der Waals surface area contributed by atoms with Gasteiger partial charge in [-0.2, -0.15) is 0 Å². The van der Waals surface area contributed by atoms with E-state index in [1.807, 2.05) is 12.3 Å². The number of aryl methyl sites for hydroxylation is 1. The van der Waals surface area contributed by atoms with Crippen LogP contribution in [0.1, 0.15) is 61.5 Å². The van der Waals surface area contributed by atoms with Crippen molar-refractivity contribution in [3.8, 4) is 11.5 Å². The van der Waals surface area contributed by atoms with E-state index in [9.17, 15) is 9.59 Å². The Bertz CT molecular complexity index is 843. The van der Waals surface area contributed by atoms with E-state index in [0.29, 0.717) is 68.0 Å². The van der Waals surface area contributed by atoms with Crippen molar-refractivity contribution in [2.24, 2.45) is 0 Å². The minimum atomic E-state index is -0.235. The first kappa shape index (κ1) is 26.6. The second kappa shape index (κ2) is 16.0. The molecule has 0 spiro atoms. The number of nitrogens with one attached hydrogen (secondary N) is 2. The van der Waals surface area contributed by atoms with Gasteiger partial charge in [-0.1, -0.05) is 32.6 Å². The Morgan fingerprint density at radius 1 is 1.03 bits per heavy atom. The zero-order valence-corrected chi connectivity index (χ0v) is 20.4. The average Bonchev–Trinajstić information content (AvgIpc) is 3.22. The highest BCUT2D eigenvalue weighted by Crippen LogP contribution is 2.29. The summed E-state index contributed by atoms with van der Waals surface area (Å²) in [6, 6.07) is 5.21. The molecule has 0 bridgehead atoms. The maximum atomic E-state index is 12.7. The number of carbonyl (C=O) groups is 2. The highest BCUT2D eigenvalue weighted by Gasteiger charge is 2.13. The third kappa shape index (κ3) is 10.7. The van der Waals surface area contributed by atoms with Gasteiger partial charge in [-0.15, -0.1) is 11.3 Å². The molecule has 2 aromatic rings. The highest BCUT2D eigenvalue weighted by molar-refractivity contribution is 7.13. The van der Waals surface area contributed by atoms with Gasteiger partial charge in [-0.05, 0) is 31.5 Å². The second-order valence-electron chi connectivity index (χ2n) is 7.56. The molecule has 2 N–H and O–H groups in total. The molecule has 2 rings (SSSR count). The Morgan fingerprint density at radius 2 is 1.82 bits per heavy atom. The smallest absolute Gasteiger partial charge is 0.257 e. The maximum absolute atomic E-state index is 12.7. The predicted octanol–water partition coefficient (Wildman–Crippen LogP) is 4.58. The monoisotopic (exact) mass is 477 g/mol. The fourth-order valence-electron chi connectivity index (χ4n) is 2.98. The summed E-state index contributed by atoms with van der Waals surface area (Å²) in [4.78, 5) is 27.1. The van der Waals surface area contributed by atoms with Crippen molar-refractivity contribution >= 4 is 28.8 Å². The van der Waals surface area contributed by atoms with Gasteiger partial charge in [-0.25, -0.2) is 4.98 Å². The highest BCUT2D eigenvalue weighted by atomic mass is 32.1. The van der Waals surface area contributed by atoms with E-state index < -0.39 is 0 Å². The molecule has 0 saturated heterocycles. The predicted molar refractivity (Wildman–Crippen MR) is 130 cm³/mol. The molecular formula is C24H35N3O5S. The quantitative estimate of drug-likeness (QED) is 0.241. The summed E-state index contributed by atoms with van der Waals surface area (Å²) in [7, 11) is 0. The molecule has 2 amide bonds. The molecule has 0 atom stereocenters. The summed E-state index contributed by atoms with van der Waals surface area (Å²) in [5, 5.41) is 7.84. The van der Waals surface area contributed by atoms with Crippen LogP contribution in [0, 0.1) is 6.92 Å². The van der Waals surface area contributed by atoms with E-state index >= 15 is 0 Å². The molecule has 0 saturated carbocycles. The molecule has 1 heterocycles. The molecule has 0 aliphatic rings. The topological polar surface area (TPSA) is 98.8 Å². The van der Waals surface area contributed by atoms with Gasteiger partial charge in [0.1, 0.15) is 0 Å². The molecular weight excluding hydrogens is 442 g/mol. The van der Waals surface area contributed by atoms with Gasteiger partial charge in [0.15, 0.2) is 16.6 Å². The Labute approximate surface area is 200 Å². The summed E-state index contributed by atoms with van der Waals surface area (Å²) >= 11 is 1.39. The molecule has 1 aromatic heterocycles. The number of nitrogens with zero attached hydrogens (tertiary/aromatic N) is 1. The minimum Gasteiger partial charge on any atom is -0.490 e. The van der Waals surface area contributed by atoms with E-state index in [4.69, 9.17) is 14.2 Å². The van der Waals surface area contributed by atoms with E-state index in [1.165, 1.54) is 30.6 Å². The molecule has 0 unspecified atom stereocenters. The number of thiazole rings is 1. The minimum absolute atomic E-state index is 0.235. The number of ether oxygens (including phenoxy) is 3. The van der Waals surface area contributed by atoms with Crippen LogP contribution in [0.3, 0.4) is 0 Å². The van der Waals surface area contributed by atoms with Crippen LogP contribution in [0.25, 0.3) is 0 Å². The van der Waals surface area contributed by atoms with Crippen LogP contribution in [0.2, 0.25) is 0 Å². The number of amides is 2. The molecule has 0 aliphatic heterocycles. The Kier molecular flexibility index (Phi) is 12.9. The largest absolute Gasteiger partial charge is 0.490 e. The first-order valence-electron chi connectivity index (χ1n) is 11.5. The molecule has 0 aliphatic carbocycles. The number of rotatable bonds is 18. The lowest BCUT2D eigenvalue weighted by Crippen LogP contribution is -2.18. The van der Waals surface area contributed by atoms with Crippen molar-refractivity contribution in [3.63, 3.8) is 0 Å². The average molecular weight is 478 g/mol. The Balaban J connectivity index is 1.91. The number of hydrogen-bond donors (Lipinski definition) is 2. The molecule has 182 valence electrons. The van der Waals surface area contributed by atoms with Crippen LogP contribution in [-0.4, -0.2) is 50.3 Å². The van der Waals surface area contributed by atoms with Gasteiger partial charge in [0.25, 0.3) is 5.91 Å². The summed E-state index contributed by atoms with van der Waals surface area (Å²) < 4.78 is 17.3. The fraction of sp³-hybridized carbons (Fsp3) is 0.542. The van der Waals surface area contributed by atoms with Crippen molar-refractivity contribution in [3.05, 3.63) is 34.8 Å². The van der Waals surface area contributed by atoms with Gasteiger partial charge < -0.3 is 19.5 Å². The van der Waals surface area contributed by atoms with Gasteiger partial charge in [0.05, 0.1) is 25.5 Å². The maximum Gasteiger partial charge on any atom is 0.257 e. The van der Waals surface area contributed by atoms with E-state index in [0.717, 1.165) is 18.5 Å². The summed E-state index contributed by atoms with van der Waals surface area (Å²) in [5.41, 5.74) is 1.36. The fourth-order valence-corrected chi connectivity index (χ4v) is 3.67. The summed E-state index contributed by atoms with van der Waals surface area (Å²) in [6.07, 6.45) is 7.05. The lowest BCUT2D eigenvalue weighted by Gasteiger charge is -2.14. The molecule has 8 nitrogen and oxygen atoms in total. The van der Waals surface area contributed by atoms with Crippen molar-refractivity contribution in [2.45, 2.75) is 52.4 Å². The zero-order valence-electron chi connectivity index (χ0n) is 19.6. The van der Waals surface area contributed by atoms with E-state index in [1.54, 1.807) is 18.2 Å². The Hall–Kier alpha value is -2.65. The van der Waals surface area contributed by atoms with Crippen molar-refractivity contribution in [2.75, 3.05) is 38.3 Å². The lowest BCUT2D eigenvalue weighted by molar-refractivity contribution is -0.109. The normalized spacial score (nSPS) is 10.6. The van der Waals surface area contributed by atoms with Crippen LogP contribution in [0.5, 0.6) is 11.5 Å². The SMILES string of the molecule is CCCCCCCOc1cc(C(=O)Nc2nc(C)cs2)ccc1OCCCOCCNC=O. The molecule has 0 fully saturated rings. The second-order valence-corrected chi connectivity index (χ2v) is 8.42. The number of carbonyl (C=O) groups excluding carboxylic acids is 2. The number of anilines is 1. The van der Waals surface area contributed by atoms with Gasteiger partial charge in [0.2, 0.25) is 6.41 Å². The Morgan fingerprint density at radius 3 is 2.58 bits per heavy atom. The van der Waals surface area contributed by atoms with Crippen LogP contribution >= 0.6 is 11.3 Å². The third-order valence-electron chi connectivity index (χ3n) is 4.72. The molecule has 0 radical (unpaired) electrons. The van der Waals surface area contributed by atoms with Crippen LogP contribution < -0.4 is 20.1 Å². The molecule has 1 aromatic carbocycles. The van der Waals surface area contributed by atoms with Crippen molar-refractivity contribution < 1.29 is 23.8 Å².